The Morgan fingerprint density at radius 3 is 2.78 bits per heavy atom. The van der Waals surface area contributed by atoms with Gasteiger partial charge in [-0.15, -0.1) is 0 Å². The fourth-order valence-corrected chi connectivity index (χ4v) is 2.45. The van der Waals surface area contributed by atoms with Gasteiger partial charge in [-0.1, -0.05) is 0 Å². The molecule has 23 heavy (non-hydrogen) atoms. The molecule has 0 saturated carbocycles. The molecule has 1 aliphatic rings. The van der Waals surface area contributed by atoms with E-state index >= 15 is 0 Å². The number of imidazole rings is 1. The molecule has 12 heteroatoms. The summed E-state index contributed by atoms with van der Waals surface area (Å²) in [5.74, 6) is -1.81. The molecular formula is C11H13N5O7. The van der Waals surface area contributed by atoms with Gasteiger partial charge in [-0.25, -0.2) is 9.78 Å². The molecule has 1 saturated heterocycles. The van der Waals surface area contributed by atoms with E-state index in [4.69, 9.17) is 15.6 Å². The van der Waals surface area contributed by atoms with Gasteiger partial charge < -0.3 is 30.9 Å². The molecule has 3 rings (SSSR count). The normalized spacial score (nSPS) is 29.0. The van der Waals surface area contributed by atoms with Crippen LogP contribution in [0.25, 0.3) is 11.2 Å². The number of anilines is 1. The number of rotatable bonds is 3. The van der Waals surface area contributed by atoms with Crippen molar-refractivity contribution in [3.63, 3.8) is 0 Å². The summed E-state index contributed by atoms with van der Waals surface area (Å²) in [5.41, 5.74) is 4.74. The van der Waals surface area contributed by atoms with Gasteiger partial charge in [0, 0.05) is 0 Å². The van der Waals surface area contributed by atoms with Crippen LogP contribution in [-0.4, -0.2) is 70.3 Å². The van der Waals surface area contributed by atoms with E-state index in [0.29, 0.717) is 0 Å². The van der Waals surface area contributed by atoms with E-state index in [-0.39, 0.29) is 17.1 Å². The molecule has 3 unspecified atom stereocenters. The third kappa shape index (κ3) is 2.33. The molecule has 124 valence electrons. The lowest BCUT2D eigenvalue weighted by Gasteiger charge is -2.17. The Morgan fingerprint density at radius 2 is 2.13 bits per heavy atom. The number of carboxylic acids is 1. The zero-order valence-corrected chi connectivity index (χ0v) is 11.4. The highest BCUT2D eigenvalue weighted by Crippen LogP contribution is 2.32. The zero-order valence-electron chi connectivity index (χ0n) is 11.4. The summed E-state index contributed by atoms with van der Waals surface area (Å²) in [7, 11) is 0. The Hall–Kier alpha value is -2.54. The van der Waals surface area contributed by atoms with Crippen molar-refractivity contribution in [1.82, 2.24) is 19.5 Å². The minimum Gasteiger partial charge on any atom is -0.479 e. The number of carboxylic acid groups (broad SMARTS) is 1. The Balaban J connectivity index is 2.03. The minimum atomic E-state index is -2.04. The second-order valence-corrected chi connectivity index (χ2v) is 5.03. The van der Waals surface area contributed by atoms with Crippen LogP contribution in [-0.2, 0) is 9.53 Å². The quantitative estimate of drug-likeness (QED) is 0.333. The molecule has 2 aromatic heterocycles. The van der Waals surface area contributed by atoms with Crippen molar-refractivity contribution < 1.29 is 30.0 Å². The van der Waals surface area contributed by atoms with Crippen LogP contribution in [0.15, 0.2) is 11.1 Å². The molecular weight excluding hydrogens is 314 g/mol. The smallest absolute Gasteiger partial charge is 0.335 e. The predicted molar refractivity (Wildman–Crippen MR) is 72.1 cm³/mol. The first kappa shape index (κ1) is 15.4. The van der Waals surface area contributed by atoms with Gasteiger partial charge >= 0.3 is 5.97 Å². The van der Waals surface area contributed by atoms with Gasteiger partial charge in [-0.05, 0) is 0 Å². The monoisotopic (exact) mass is 327 g/mol. The fraction of sp³-hybridized carbons (Fsp3) is 0.455. The number of aliphatic hydroxyl groups is 3. The Kier molecular flexibility index (Phi) is 3.52. The molecule has 2 aromatic rings. The number of H-pyrrole nitrogens is 1. The maximum absolute atomic E-state index is 11.7. The number of ether oxygens (including phenoxy) is 1. The van der Waals surface area contributed by atoms with Crippen LogP contribution in [0.4, 0.5) is 5.95 Å². The van der Waals surface area contributed by atoms with Crippen LogP contribution < -0.4 is 11.3 Å². The first-order chi connectivity index (χ1) is 10.8. The maximum Gasteiger partial charge on any atom is 0.335 e. The molecule has 1 aliphatic heterocycles. The zero-order chi connectivity index (χ0) is 16.9. The average Bonchev–Trinajstić information content (AvgIpc) is 3.01. The first-order valence-corrected chi connectivity index (χ1v) is 6.46. The Morgan fingerprint density at radius 1 is 1.43 bits per heavy atom. The number of nitrogens with two attached hydrogens (primary N) is 1. The Labute approximate surface area is 126 Å². The molecule has 0 amide bonds. The molecule has 0 radical (unpaired) electrons. The number of hydrogen-bond donors (Lipinski definition) is 6. The van der Waals surface area contributed by atoms with Crippen LogP contribution in [0.3, 0.4) is 0 Å². The summed E-state index contributed by atoms with van der Waals surface area (Å²) in [6.07, 6.45) is -7.02. The second-order valence-electron chi connectivity index (χ2n) is 5.03. The molecule has 3 heterocycles. The highest BCUT2D eigenvalue weighted by molar-refractivity contribution is 5.73. The third-order valence-corrected chi connectivity index (χ3v) is 3.56. The highest BCUT2D eigenvalue weighted by Gasteiger charge is 2.49. The number of nitrogens with one attached hydrogen (secondary N) is 1. The van der Waals surface area contributed by atoms with Crippen molar-refractivity contribution in [2.24, 2.45) is 0 Å². The van der Waals surface area contributed by atoms with Gasteiger partial charge in [-0.3, -0.25) is 14.3 Å². The molecule has 0 aliphatic carbocycles. The number of aliphatic carboxylic acids is 1. The summed E-state index contributed by atoms with van der Waals surface area (Å²) < 4.78 is 6.37. The van der Waals surface area contributed by atoms with E-state index in [1.807, 2.05) is 0 Å². The lowest BCUT2D eigenvalue weighted by Crippen LogP contribution is -2.42. The largest absolute Gasteiger partial charge is 0.479 e. The standard InChI is InChI=1S/C11H13N5O7/c12-11-14-7-2(8(20)15-11)13-1-16(7)9-4(18)3(17)6(23-9)5(19)10(21)22/h1,3-6,9,17-19H,(H,21,22)(H3,12,14,15,20)/t3?,4?,5?,6-,9+/m0/s1. The van der Waals surface area contributed by atoms with Gasteiger partial charge in [0.15, 0.2) is 23.5 Å². The number of aromatic nitrogens is 4. The number of aromatic amines is 1. The minimum absolute atomic E-state index is 0.0204. The summed E-state index contributed by atoms with van der Waals surface area (Å²) in [6, 6.07) is 0. The number of carbonyl (C=O) groups is 1. The van der Waals surface area contributed by atoms with Crippen LogP contribution >= 0.6 is 0 Å². The highest BCUT2D eigenvalue weighted by atomic mass is 16.6. The number of fused-ring (bicyclic) bond motifs is 1. The number of nitrogen functional groups attached to an aromatic ring is 1. The lowest BCUT2D eigenvalue weighted by molar-refractivity contribution is -0.160. The maximum atomic E-state index is 11.7. The first-order valence-electron chi connectivity index (χ1n) is 6.46. The molecule has 0 bridgehead atoms. The van der Waals surface area contributed by atoms with Crippen LogP contribution in [0, 0.1) is 0 Å². The van der Waals surface area contributed by atoms with Crippen molar-refractivity contribution >= 4 is 23.1 Å². The topological polar surface area (TPSA) is 197 Å². The lowest BCUT2D eigenvalue weighted by atomic mass is 10.1. The van der Waals surface area contributed by atoms with E-state index in [1.54, 1.807) is 0 Å². The van der Waals surface area contributed by atoms with Crippen LogP contribution in [0.5, 0.6) is 0 Å². The van der Waals surface area contributed by atoms with Crippen molar-refractivity contribution in [1.29, 1.82) is 0 Å². The van der Waals surface area contributed by atoms with Gasteiger partial charge in [-0.2, -0.15) is 4.98 Å². The summed E-state index contributed by atoms with van der Waals surface area (Å²) in [5, 5.41) is 38.2. The molecule has 5 atom stereocenters. The summed E-state index contributed by atoms with van der Waals surface area (Å²) in [4.78, 5) is 32.5. The van der Waals surface area contributed by atoms with Gasteiger partial charge in [0.2, 0.25) is 5.95 Å². The van der Waals surface area contributed by atoms with E-state index < -0.39 is 42.2 Å². The van der Waals surface area contributed by atoms with Crippen molar-refractivity contribution in [3.8, 4) is 0 Å². The SMILES string of the molecule is Nc1nc2c(ncn2[C@@H]2O[C@H](C(O)C(=O)O)C(O)C2O)c(=O)[nH]1. The van der Waals surface area contributed by atoms with E-state index in [9.17, 15) is 24.9 Å². The van der Waals surface area contributed by atoms with E-state index in [2.05, 4.69) is 15.0 Å². The number of aliphatic hydroxyl groups excluding tert-OH is 3. The molecule has 1 fully saturated rings. The third-order valence-electron chi connectivity index (χ3n) is 3.56. The second kappa shape index (κ2) is 5.27. The number of nitrogens with zero attached hydrogens (tertiary/aromatic N) is 3. The van der Waals surface area contributed by atoms with Crippen molar-refractivity contribution in [2.45, 2.75) is 30.6 Å². The van der Waals surface area contributed by atoms with E-state index in [1.165, 1.54) is 0 Å². The van der Waals surface area contributed by atoms with Gasteiger partial charge in [0.1, 0.15) is 18.3 Å². The van der Waals surface area contributed by atoms with Crippen LogP contribution in [0.2, 0.25) is 0 Å². The van der Waals surface area contributed by atoms with Crippen molar-refractivity contribution in [2.75, 3.05) is 5.73 Å². The fourth-order valence-electron chi connectivity index (χ4n) is 2.45. The molecule has 0 aromatic carbocycles. The molecule has 12 nitrogen and oxygen atoms in total. The Bertz CT molecular complexity index is 817. The van der Waals surface area contributed by atoms with E-state index in [0.717, 1.165) is 10.9 Å². The van der Waals surface area contributed by atoms with Gasteiger partial charge in [0.05, 0.1) is 6.33 Å². The van der Waals surface area contributed by atoms with Crippen LogP contribution in [0.1, 0.15) is 6.23 Å². The summed E-state index contributed by atoms with van der Waals surface area (Å²) in [6.45, 7) is 0. The summed E-state index contributed by atoms with van der Waals surface area (Å²) >= 11 is 0. The number of hydrogen-bond acceptors (Lipinski definition) is 9. The predicted octanol–water partition coefficient (Wildman–Crippen LogP) is -3.23. The average molecular weight is 327 g/mol. The van der Waals surface area contributed by atoms with Gasteiger partial charge in [0.25, 0.3) is 5.56 Å². The van der Waals surface area contributed by atoms with Crippen molar-refractivity contribution in [3.05, 3.63) is 16.7 Å². The molecule has 7 N–H and O–H groups in total. The molecule has 0 spiro atoms.